The van der Waals surface area contributed by atoms with Crippen LogP contribution in [0.1, 0.15) is 11.4 Å². The highest BCUT2D eigenvalue weighted by atomic mass is 19.2. The van der Waals surface area contributed by atoms with Crippen LogP contribution in [0.15, 0.2) is 23.6 Å². The van der Waals surface area contributed by atoms with Crippen molar-refractivity contribution in [1.82, 2.24) is 15.1 Å². The first kappa shape index (κ1) is 9.70. The van der Waals surface area contributed by atoms with Crippen LogP contribution in [-0.2, 0) is 0 Å². The summed E-state index contributed by atoms with van der Waals surface area (Å²) in [7, 11) is 0. The van der Waals surface area contributed by atoms with Crippen LogP contribution in [-0.4, -0.2) is 27.6 Å². The van der Waals surface area contributed by atoms with Gasteiger partial charge >= 0.3 is 0 Å². The Labute approximate surface area is 84.9 Å². The Balaban J connectivity index is 2.39. The van der Waals surface area contributed by atoms with Crippen LogP contribution in [0.3, 0.4) is 0 Å². The summed E-state index contributed by atoms with van der Waals surface area (Å²) >= 11 is 0. The summed E-state index contributed by atoms with van der Waals surface area (Å²) in [6.07, 6.45) is 3.10. The third-order valence-electron chi connectivity index (χ3n) is 1.87. The molecule has 2 heterocycles. The van der Waals surface area contributed by atoms with E-state index >= 15 is 0 Å². The molecule has 78 valence electrons. The Hall–Kier alpha value is -1.85. The molecule has 15 heavy (non-hydrogen) atoms. The smallest absolute Gasteiger partial charge is 0.236 e. The summed E-state index contributed by atoms with van der Waals surface area (Å²) in [5.41, 5.74) is 0.866. The molecule has 0 spiro atoms. The molecule has 1 aromatic rings. The number of nitrogens with zero attached hydrogens (tertiary/aromatic N) is 4. The van der Waals surface area contributed by atoms with Gasteiger partial charge in [0.2, 0.25) is 6.30 Å². The zero-order chi connectivity index (χ0) is 10.8. The lowest BCUT2D eigenvalue weighted by Gasteiger charge is -2.20. The summed E-state index contributed by atoms with van der Waals surface area (Å²) in [4.78, 5) is 11.5. The molecule has 0 N–H and O–H groups in total. The van der Waals surface area contributed by atoms with Gasteiger partial charge in [0.15, 0.2) is 0 Å². The number of hydrogen-bond donors (Lipinski definition) is 0. The molecule has 0 bridgehead atoms. The number of hydrogen-bond acceptors (Lipinski definition) is 4. The molecule has 1 aliphatic rings. The van der Waals surface area contributed by atoms with Crippen LogP contribution in [0.25, 0.3) is 5.70 Å². The maximum Gasteiger partial charge on any atom is 0.236 e. The molecule has 0 amide bonds. The predicted molar refractivity (Wildman–Crippen MR) is 51.1 cm³/mol. The van der Waals surface area contributed by atoms with Crippen molar-refractivity contribution in [3.63, 3.8) is 0 Å². The molecule has 4 nitrogen and oxygen atoms in total. The highest BCUT2D eigenvalue weighted by Crippen LogP contribution is 2.23. The number of halogens is 2. The molecule has 0 saturated heterocycles. The average Bonchev–Trinajstić information content (AvgIpc) is 2.22. The highest BCUT2D eigenvalue weighted by Gasteiger charge is 2.23. The van der Waals surface area contributed by atoms with Crippen molar-refractivity contribution < 1.29 is 8.87 Å². The summed E-state index contributed by atoms with van der Waals surface area (Å²) in [5, 5.41) is -0.0313. The Kier molecular flexibility index (Phi) is 2.40. The van der Waals surface area contributed by atoms with Gasteiger partial charge in [-0.3, -0.25) is 9.98 Å². The van der Waals surface area contributed by atoms with E-state index in [1.807, 2.05) is 0 Å². The molecule has 0 radical (unpaired) electrons. The molecule has 0 aliphatic carbocycles. The van der Waals surface area contributed by atoms with Crippen molar-refractivity contribution in [2.45, 2.75) is 13.2 Å². The first-order valence-electron chi connectivity index (χ1n) is 4.30. The second kappa shape index (κ2) is 3.72. The van der Waals surface area contributed by atoms with Crippen LogP contribution < -0.4 is 0 Å². The Morgan fingerprint density at radius 2 is 2.20 bits per heavy atom. The van der Waals surface area contributed by atoms with Gasteiger partial charge in [-0.2, -0.15) is 5.12 Å². The van der Waals surface area contributed by atoms with Crippen LogP contribution in [0.4, 0.5) is 8.87 Å². The fourth-order valence-corrected chi connectivity index (χ4v) is 1.19. The van der Waals surface area contributed by atoms with Gasteiger partial charge in [0.1, 0.15) is 11.4 Å². The lowest BCUT2D eigenvalue weighted by atomic mass is 10.3. The van der Waals surface area contributed by atoms with E-state index in [1.54, 1.807) is 6.92 Å². The maximum atomic E-state index is 13.3. The van der Waals surface area contributed by atoms with E-state index in [9.17, 15) is 8.87 Å². The molecule has 1 unspecified atom stereocenters. The largest absolute Gasteiger partial charge is 0.262 e. The van der Waals surface area contributed by atoms with E-state index in [1.165, 1.54) is 18.6 Å². The van der Waals surface area contributed by atoms with Gasteiger partial charge in [-0.05, 0) is 6.92 Å². The quantitative estimate of drug-likeness (QED) is 0.522. The van der Waals surface area contributed by atoms with Gasteiger partial charge in [0.25, 0.3) is 0 Å². The van der Waals surface area contributed by atoms with Crippen molar-refractivity contribution in [2.24, 2.45) is 4.99 Å². The minimum absolute atomic E-state index is 0.0267. The Morgan fingerprint density at radius 3 is 2.93 bits per heavy atom. The number of aliphatic imine (C=N–C) groups is 1. The van der Waals surface area contributed by atoms with Gasteiger partial charge in [0.05, 0.1) is 24.3 Å². The van der Waals surface area contributed by atoms with E-state index in [-0.39, 0.29) is 16.5 Å². The van der Waals surface area contributed by atoms with E-state index in [0.717, 1.165) is 6.21 Å². The van der Waals surface area contributed by atoms with Gasteiger partial charge < -0.3 is 0 Å². The highest BCUT2D eigenvalue weighted by molar-refractivity contribution is 5.73. The summed E-state index contributed by atoms with van der Waals surface area (Å²) in [6.45, 7) is 1.72. The van der Waals surface area contributed by atoms with Crippen LogP contribution in [0.2, 0.25) is 0 Å². The standard InChI is InChI=1S/C9H8F2N4/c1-6-2-12-3-7(14-6)8-4-13-5-9(10)15(8)11/h2-5,9H,1H3. The molecule has 6 heteroatoms. The van der Waals surface area contributed by atoms with Crippen molar-refractivity contribution in [1.29, 1.82) is 0 Å². The van der Waals surface area contributed by atoms with Crippen LogP contribution in [0, 0.1) is 6.92 Å². The second-order valence-electron chi connectivity index (χ2n) is 3.04. The zero-order valence-electron chi connectivity index (χ0n) is 7.93. The number of alkyl halides is 1. The summed E-state index contributed by atoms with van der Waals surface area (Å²) < 4.78 is 26.2. The van der Waals surface area contributed by atoms with Gasteiger partial charge in [0, 0.05) is 6.20 Å². The monoisotopic (exact) mass is 210 g/mol. The summed E-state index contributed by atoms with van der Waals surface area (Å²) in [6, 6.07) is 0. The normalized spacial score (nSPS) is 20.3. The first-order valence-corrected chi connectivity index (χ1v) is 4.30. The van der Waals surface area contributed by atoms with Crippen LogP contribution in [0.5, 0.6) is 0 Å². The van der Waals surface area contributed by atoms with Gasteiger partial charge in [-0.15, -0.1) is 0 Å². The minimum Gasteiger partial charge on any atom is -0.262 e. The molecule has 2 rings (SSSR count). The molecular formula is C9H8F2N4. The van der Waals surface area contributed by atoms with E-state index < -0.39 is 6.30 Å². The van der Waals surface area contributed by atoms with E-state index in [2.05, 4.69) is 15.0 Å². The second-order valence-corrected chi connectivity index (χ2v) is 3.04. The fourth-order valence-electron chi connectivity index (χ4n) is 1.19. The third-order valence-corrected chi connectivity index (χ3v) is 1.87. The lowest BCUT2D eigenvalue weighted by Crippen LogP contribution is -2.26. The average molecular weight is 210 g/mol. The van der Waals surface area contributed by atoms with Gasteiger partial charge in [-0.25, -0.2) is 9.37 Å². The molecule has 1 atom stereocenters. The Morgan fingerprint density at radius 1 is 1.40 bits per heavy atom. The van der Waals surface area contributed by atoms with Crippen molar-refractivity contribution >= 4 is 11.9 Å². The number of aromatic nitrogens is 2. The molecule has 0 fully saturated rings. The number of rotatable bonds is 1. The maximum absolute atomic E-state index is 13.3. The molecule has 0 saturated carbocycles. The zero-order valence-corrected chi connectivity index (χ0v) is 7.93. The van der Waals surface area contributed by atoms with Gasteiger partial charge in [-0.1, -0.05) is 4.48 Å². The minimum atomic E-state index is -1.87. The lowest BCUT2D eigenvalue weighted by molar-refractivity contribution is 0.0200. The fraction of sp³-hybridized carbons (Fsp3) is 0.222. The molecular weight excluding hydrogens is 202 g/mol. The topological polar surface area (TPSA) is 41.4 Å². The molecule has 0 aromatic carbocycles. The SMILES string of the molecule is Cc1cncc(C2=CN=CC(F)N2F)n1. The van der Waals surface area contributed by atoms with Crippen LogP contribution >= 0.6 is 0 Å². The predicted octanol–water partition coefficient (Wildman–Crippen LogP) is 1.65. The van der Waals surface area contributed by atoms with E-state index in [0.29, 0.717) is 5.69 Å². The van der Waals surface area contributed by atoms with Crippen molar-refractivity contribution in [3.8, 4) is 0 Å². The molecule has 1 aliphatic heterocycles. The van der Waals surface area contributed by atoms with Crippen molar-refractivity contribution in [2.75, 3.05) is 0 Å². The number of aryl methyl sites for hydroxylation is 1. The molecule has 1 aromatic heterocycles. The summed E-state index contributed by atoms with van der Waals surface area (Å²) in [5.74, 6) is 0. The Bertz CT molecular complexity index is 430. The first-order chi connectivity index (χ1) is 7.18. The third kappa shape index (κ3) is 1.83. The van der Waals surface area contributed by atoms with E-state index in [4.69, 9.17) is 0 Å². The van der Waals surface area contributed by atoms with Crippen molar-refractivity contribution in [3.05, 3.63) is 30.0 Å².